The van der Waals surface area contributed by atoms with Crippen molar-refractivity contribution in [1.82, 2.24) is 15.3 Å². The van der Waals surface area contributed by atoms with Gasteiger partial charge in [-0.3, -0.25) is 9.59 Å². The van der Waals surface area contributed by atoms with Crippen molar-refractivity contribution < 1.29 is 14.3 Å². The van der Waals surface area contributed by atoms with Gasteiger partial charge < -0.3 is 14.6 Å². The van der Waals surface area contributed by atoms with Crippen LogP contribution in [0.1, 0.15) is 40.8 Å². The number of hydrogen-bond donors (Lipinski definition) is 2. The summed E-state index contributed by atoms with van der Waals surface area (Å²) in [6.45, 7) is 5.15. The third-order valence-electron chi connectivity index (χ3n) is 7.71. The molecule has 4 aromatic carbocycles. The predicted molar refractivity (Wildman–Crippen MR) is 186 cm³/mol. The molecule has 0 unspecified atom stereocenters. The van der Waals surface area contributed by atoms with E-state index in [9.17, 15) is 9.59 Å². The number of halogens is 2. The van der Waals surface area contributed by atoms with Crippen LogP contribution in [0, 0.1) is 13.8 Å². The number of benzene rings is 4. The van der Waals surface area contributed by atoms with E-state index < -0.39 is 11.9 Å². The topological polar surface area (TPSA) is 84.7 Å². The minimum absolute atomic E-state index is 0.173. The smallest absolute Gasteiger partial charge is 0.262 e. The number of nitrogens with one attached hydrogen (secondary N) is 2. The average Bonchev–Trinajstić information content (AvgIpc) is 3.30. The molecule has 0 saturated heterocycles. The normalized spacial score (nSPS) is 11.9. The van der Waals surface area contributed by atoms with Crippen molar-refractivity contribution in [2.24, 2.45) is 5.10 Å². The number of hydrogen-bond acceptors (Lipinski definition) is 4. The van der Waals surface area contributed by atoms with Crippen LogP contribution in [0.4, 0.5) is 0 Å². The lowest BCUT2D eigenvalue weighted by Gasteiger charge is -2.17. The summed E-state index contributed by atoms with van der Waals surface area (Å²) in [4.78, 5) is 26.3. The lowest BCUT2D eigenvalue weighted by atomic mass is 10.1. The van der Waals surface area contributed by atoms with Crippen LogP contribution in [0.15, 0.2) is 102 Å². The first-order valence-corrected chi connectivity index (χ1v) is 15.9. The van der Waals surface area contributed by atoms with Gasteiger partial charge in [0.15, 0.2) is 0 Å². The van der Waals surface area contributed by atoms with Gasteiger partial charge in [0, 0.05) is 46.6 Å². The fraction of sp³-hybridized carbons (Fsp3) is 0.216. The monoisotopic (exact) mass is 654 g/mol. The van der Waals surface area contributed by atoms with Crippen LogP contribution >= 0.6 is 23.2 Å². The molecule has 1 atom stereocenters. The molecule has 7 nitrogen and oxygen atoms in total. The lowest BCUT2D eigenvalue weighted by molar-refractivity contribution is -0.129. The van der Waals surface area contributed by atoms with E-state index >= 15 is 0 Å². The Hall–Kier alpha value is -4.59. The minimum Gasteiger partial charge on any atom is -0.492 e. The number of fused-ring (bicyclic) bond motifs is 1. The summed E-state index contributed by atoms with van der Waals surface area (Å²) in [6.07, 6.45) is 2.61. The highest BCUT2D eigenvalue weighted by Gasteiger charge is 2.21. The van der Waals surface area contributed by atoms with Crippen LogP contribution in [0.3, 0.4) is 0 Å². The van der Waals surface area contributed by atoms with Crippen molar-refractivity contribution in [2.45, 2.75) is 45.7 Å². The van der Waals surface area contributed by atoms with Crippen LogP contribution in [0.25, 0.3) is 10.9 Å². The van der Waals surface area contributed by atoms with Crippen molar-refractivity contribution in [3.05, 3.63) is 135 Å². The minimum atomic E-state index is -0.817. The highest BCUT2D eigenvalue weighted by atomic mass is 35.5. The van der Waals surface area contributed by atoms with E-state index in [4.69, 9.17) is 27.9 Å². The number of nitrogens with zero attached hydrogens (tertiary/aromatic N) is 2. The molecule has 0 radical (unpaired) electrons. The molecule has 0 aliphatic carbocycles. The van der Waals surface area contributed by atoms with E-state index in [1.165, 1.54) is 11.1 Å². The first kappa shape index (κ1) is 32.8. The standard InChI is InChI=1S/C37H36Cl2N4O3/c1-25-10-8-13-28(20-25)24-43-26(2)31(30-14-6-7-15-34(30)43)23-40-42-37(45)33(21-27-11-4-3-5-12-27)41-36(44)16-9-19-46-35-18-17-29(38)22-32(35)39/h3-8,10-15,17-18,20,22-23,33H,9,16,19,21,24H2,1-2H3,(H,41,44)(H,42,45)/b40-23-/t33-/m0/s1. The molecule has 5 aromatic rings. The quantitative estimate of drug-likeness (QED) is 0.0777. The number of ether oxygens (including phenoxy) is 1. The molecule has 0 aliphatic rings. The first-order chi connectivity index (χ1) is 22.3. The number of carbonyl (C=O) groups is 2. The third kappa shape index (κ3) is 8.56. The van der Waals surface area contributed by atoms with Gasteiger partial charge in [-0.2, -0.15) is 5.10 Å². The van der Waals surface area contributed by atoms with E-state index in [0.717, 1.165) is 34.3 Å². The van der Waals surface area contributed by atoms with Crippen LogP contribution in [0.2, 0.25) is 10.0 Å². The van der Waals surface area contributed by atoms with Gasteiger partial charge >= 0.3 is 0 Å². The Morgan fingerprint density at radius 3 is 2.46 bits per heavy atom. The Balaban J connectivity index is 1.25. The second-order valence-corrected chi connectivity index (χ2v) is 12.0. The number of carbonyl (C=O) groups excluding carboxylic acids is 2. The molecule has 1 heterocycles. The SMILES string of the molecule is Cc1cccc(Cn2c(C)c(/C=N\NC(=O)[C@H](Cc3ccccc3)NC(=O)CCCOc3ccc(Cl)cc3Cl)c3ccccc32)c1. The fourth-order valence-electron chi connectivity index (χ4n) is 5.39. The summed E-state index contributed by atoms with van der Waals surface area (Å²) < 4.78 is 7.96. The van der Waals surface area contributed by atoms with Crippen LogP contribution in [-0.4, -0.2) is 35.2 Å². The van der Waals surface area contributed by atoms with Crippen LogP contribution in [-0.2, 0) is 22.6 Å². The summed E-state index contributed by atoms with van der Waals surface area (Å²) in [5.41, 5.74) is 9.06. The second-order valence-electron chi connectivity index (χ2n) is 11.2. The first-order valence-electron chi connectivity index (χ1n) is 15.2. The van der Waals surface area contributed by atoms with Gasteiger partial charge in [0.2, 0.25) is 5.91 Å². The predicted octanol–water partition coefficient (Wildman–Crippen LogP) is 7.65. The molecule has 0 fully saturated rings. The highest BCUT2D eigenvalue weighted by molar-refractivity contribution is 6.35. The zero-order valence-electron chi connectivity index (χ0n) is 25.8. The average molecular weight is 656 g/mol. The van der Waals surface area contributed by atoms with Crippen LogP contribution in [0.5, 0.6) is 5.75 Å². The molecule has 1 aromatic heterocycles. The third-order valence-corrected chi connectivity index (χ3v) is 8.24. The Morgan fingerprint density at radius 1 is 0.913 bits per heavy atom. The Kier molecular flexibility index (Phi) is 11.1. The molecular weight excluding hydrogens is 619 g/mol. The van der Waals surface area contributed by atoms with Gasteiger partial charge in [-0.25, -0.2) is 5.43 Å². The zero-order valence-corrected chi connectivity index (χ0v) is 27.3. The van der Waals surface area contributed by atoms with E-state index in [-0.39, 0.29) is 18.9 Å². The summed E-state index contributed by atoms with van der Waals surface area (Å²) in [5.74, 6) is -0.168. The van der Waals surface area contributed by atoms with Gasteiger partial charge in [0.25, 0.3) is 5.91 Å². The summed E-state index contributed by atoms with van der Waals surface area (Å²) >= 11 is 12.1. The zero-order chi connectivity index (χ0) is 32.5. The number of para-hydroxylation sites is 1. The lowest BCUT2D eigenvalue weighted by Crippen LogP contribution is -2.46. The Morgan fingerprint density at radius 2 is 1.67 bits per heavy atom. The molecular formula is C37H36Cl2N4O3. The van der Waals surface area contributed by atoms with E-state index in [2.05, 4.69) is 70.7 Å². The number of aromatic nitrogens is 1. The van der Waals surface area contributed by atoms with E-state index in [1.807, 2.05) is 42.5 Å². The number of amides is 2. The van der Waals surface area contributed by atoms with E-state index in [0.29, 0.717) is 28.6 Å². The maximum absolute atomic E-state index is 13.4. The second kappa shape index (κ2) is 15.6. The van der Waals surface area contributed by atoms with Crippen molar-refractivity contribution >= 4 is 52.1 Å². The summed E-state index contributed by atoms with van der Waals surface area (Å²) in [7, 11) is 0. The molecule has 2 N–H and O–H groups in total. The van der Waals surface area contributed by atoms with Gasteiger partial charge in [-0.05, 0) is 55.7 Å². The van der Waals surface area contributed by atoms with Crippen LogP contribution < -0.4 is 15.5 Å². The molecule has 0 saturated carbocycles. The molecule has 236 valence electrons. The molecule has 0 spiro atoms. The largest absolute Gasteiger partial charge is 0.492 e. The highest BCUT2D eigenvalue weighted by Crippen LogP contribution is 2.28. The van der Waals surface area contributed by atoms with Gasteiger partial charge in [-0.1, -0.05) is 102 Å². The molecule has 0 bridgehead atoms. The summed E-state index contributed by atoms with van der Waals surface area (Å²) in [6, 6.07) is 30.4. The number of rotatable bonds is 13. The fourth-order valence-corrected chi connectivity index (χ4v) is 5.85. The number of aryl methyl sites for hydroxylation is 1. The van der Waals surface area contributed by atoms with Gasteiger partial charge in [-0.15, -0.1) is 0 Å². The maximum atomic E-state index is 13.4. The van der Waals surface area contributed by atoms with Crippen molar-refractivity contribution in [2.75, 3.05) is 6.61 Å². The summed E-state index contributed by atoms with van der Waals surface area (Å²) in [5, 5.41) is 9.20. The Bertz CT molecular complexity index is 1850. The van der Waals surface area contributed by atoms with Crippen molar-refractivity contribution in [1.29, 1.82) is 0 Å². The van der Waals surface area contributed by atoms with Crippen molar-refractivity contribution in [3.63, 3.8) is 0 Å². The molecule has 5 rings (SSSR count). The molecule has 9 heteroatoms. The molecule has 0 aliphatic heterocycles. The van der Waals surface area contributed by atoms with Crippen molar-refractivity contribution in [3.8, 4) is 5.75 Å². The number of hydrazone groups is 1. The maximum Gasteiger partial charge on any atom is 0.262 e. The van der Waals surface area contributed by atoms with E-state index in [1.54, 1.807) is 24.4 Å². The van der Waals surface area contributed by atoms with Gasteiger partial charge in [0.05, 0.1) is 17.8 Å². The molecule has 46 heavy (non-hydrogen) atoms. The molecule has 2 amide bonds. The Labute approximate surface area is 279 Å². The van der Waals surface area contributed by atoms with Gasteiger partial charge in [0.1, 0.15) is 11.8 Å².